The molecule has 654 valence electrons. The third-order valence-electron chi connectivity index (χ3n) is 22.6. The standard InChI is InChI=1S/C83H109ClN10O26/c1-9-10-11-12-13-14-15-16-24-88-83(7)35-59(114-39(5)73(83)104)119-71-68(102)67(101)56(36-95)117-81(71)120-70-54-29-43-30-55(70)116-53-23-21-41(28-48(53)84)66(100)64(93-74(105)49(87-8)25-37(2)3)78(109)89-50(33-57(85)99)75(106)90-62(43)77(108)91-61-40-20-22-51(97)46(27-40)60-47(31-44(96)32-52(60)98)63(80(111)112)92-79(110)65(94-76(61)107)69(42-18-17-19-45(26-42)115-54)118-58-34-82(6,86)72(103)38(4)113-58/h17-23,26-32,37-39,49-50,56,58-59,61-69,71-73,81,87-88,95-98,100-104H,9-16,24-25,33-36,86H2,1-8H3,(H2,85,99)(H,89,109)(H,90,106)(H,91,108)(H,92,110)(H,93,105)(H,94,107)(H,111,112)/t38-,39-,49-,50+,56+,58+,59+,61-,62-,63+,64-,65+,66-,67+,68-,69-,71+,72+,73+,81+,82-,83-/m1/s1. The van der Waals surface area contributed by atoms with Crippen LogP contribution in [0.25, 0.3) is 11.1 Å². The Morgan fingerprint density at radius 1 is 0.675 bits per heavy atom. The number of aliphatic hydroxyl groups excluding tert-OH is 6. The Balaban J connectivity index is 1.15. The third-order valence-corrected chi connectivity index (χ3v) is 22.9. The quantitative estimate of drug-likeness (QED) is 0.0372. The summed E-state index contributed by atoms with van der Waals surface area (Å²) in [6, 6.07) is 1.78. The number of amides is 7. The van der Waals surface area contributed by atoms with Crippen LogP contribution in [-0.2, 0) is 62.0 Å². The van der Waals surface area contributed by atoms with Gasteiger partial charge in [0, 0.05) is 46.7 Å². The van der Waals surface area contributed by atoms with Gasteiger partial charge >= 0.3 is 5.97 Å². The number of primary amides is 1. The zero-order valence-electron chi connectivity index (χ0n) is 67.6. The first-order valence-corrected chi connectivity index (χ1v) is 40.6. The Morgan fingerprint density at radius 2 is 1.32 bits per heavy atom. The van der Waals surface area contributed by atoms with Gasteiger partial charge in [-0.3, -0.25) is 33.6 Å². The highest BCUT2D eigenvalue weighted by Crippen LogP contribution is 2.50. The molecule has 36 nitrogen and oxygen atoms in total. The molecule has 0 spiro atoms. The smallest absolute Gasteiger partial charge is 0.330 e. The Kier molecular flexibility index (Phi) is 29.7. The first kappa shape index (κ1) is 91.1. The van der Waals surface area contributed by atoms with Gasteiger partial charge in [0.15, 0.2) is 36.2 Å². The molecule has 0 radical (unpaired) electrons. The van der Waals surface area contributed by atoms with Crippen LogP contribution in [0, 0.1) is 5.92 Å². The molecule has 7 heterocycles. The lowest BCUT2D eigenvalue weighted by Crippen LogP contribution is -2.65. The number of nitrogens with one attached hydrogen (secondary N) is 8. The van der Waals surface area contributed by atoms with Crippen molar-refractivity contribution in [1.82, 2.24) is 42.5 Å². The summed E-state index contributed by atoms with van der Waals surface area (Å²) in [6.45, 7) is 11.7. The van der Waals surface area contributed by atoms with Crippen LogP contribution in [-0.4, -0.2) is 222 Å². The second-order valence-electron chi connectivity index (χ2n) is 32.4. The maximum absolute atomic E-state index is 16.5. The van der Waals surface area contributed by atoms with Crippen molar-refractivity contribution in [2.75, 3.05) is 20.2 Å². The normalized spacial score (nSPS) is 30.5. The third kappa shape index (κ3) is 20.9. The van der Waals surface area contributed by atoms with E-state index in [1.54, 1.807) is 13.8 Å². The maximum Gasteiger partial charge on any atom is 0.330 e. The maximum atomic E-state index is 16.5. The minimum Gasteiger partial charge on any atom is -0.508 e. The first-order valence-electron chi connectivity index (χ1n) is 40.2. The molecule has 7 amide bonds. The summed E-state index contributed by atoms with van der Waals surface area (Å²) in [7, 11) is 1.49. The zero-order valence-corrected chi connectivity index (χ0v) is 68.4. The number of hydrogen-bond acceptors (Lipinski definition) is 28. The highest BCUT2D eigenvalue weighted by atomic mass is 35.5. The number of halogens is 1. The molecule has 7 aliphatic rings. The van der Waals surface area contributed by atoms with Gasteiger partial charge in [0.25, 0.3) is 0 Å². The van der Waals surface area contributed by atoms with E-state index in [0.29, 0.717) is 6.54 Å². The highest BCUT2D eigenvalue weighted by molar-refractivity contribution is 6.32. The van der Waals surface area contributed by atoms with E-state index in [1.165, 1.54) is 57.3 Å². The van der Waals surface area contributed by atoms with Gasteiger partial charge in [-0.2, -0.15) is 0 Å². The fraction of sp³-hybridized carbons (Fsp3) is 0.542. The van der Waals surface area contributed by atoms with Gasteiger partial charge in [0.05, 0.1) is 48.5 Å². The van der Waals surface area contributed by atoms with Gasteiger partial charge in [-0.25, -0.2) is 4.79 Å². The topological polar surface area (TPSA) is 561 Å². The van der Waals surface area contributed by atoms with E-state index in [0.717, 1.165) is 99.9 Å². The molecule has 12 rings (SSSR count). The Bertz CT molecular complexity index is 4560. The zero-order chi connectivity index (χ0) is 87.1. The first-order chi connectivity index (χ1) is 56.9. The van der Waals surface area contributed by atoms with Crippen molar-refractivity contribution < 1.29 is 127 Å². The molecule has 5 aromatic rings. The van der Waals surface area contributed by atoms with Gasteiger partial charge in [-0.05, 0) is 137 Å². The number of carboxylic acids is 1. The SMILES string of the molecule is CCCCCCCCCCN[C@]1(C)C[C@H](O[C@@H]2[C@H](Oc3c4cc5cc3Oc3ccc(cc3Cl)[C@@H](O)[C@@H](NC(=O)[C@@H](CC(C)C)NC)C(=O)N[C@@H](CC(N)=O)C(=O)N[C@H]5C(=O)N[C@H]3C(=O)N[C@H](C(=O)N[C@H](C(=O)O)c5cc(O)cc(O)c5-c5cc3ccc5O)[C@H](O[C@H]3C[C@@](C)(N)[C@@H](O)[C@@H](C)O3)c3cccc(c3)O4)O[C@@H](CO)[C@H](O)[C@H]2O)O[C@H](C)[C@@H]1O. The second-order valence-corrected chi connectivity index (χ2v) is 32.9. The lowest BCUT2D eigenvalue weighted by molar-refractivity contribution is -0.334. The predicted octanol–water partition coefficient (Wildman–Crippen LogP) is 3.46. The molecule has 11 bridgehead atoms. The molecular weight excluding hydrogens is 1590 g/mol. The number of carboxylic acid groups (broad SMARTS) is 1. The van der Waals surface area contributed by atoms with E-state index < -0.39 is 250 Å². The molecule has 3 saturated heterocycles. The van der Waals surface area contributed by atoms with Crippen molar-refractivity contribution >= 4 is 58.9 Å². The molecule has 120 heavy (non-hydrogen) atoms. The average Bonchev–Trinajstić information content (AvgIpc) is 0.965. The van der Waals surface area contributed by atoms with Crippen molar-refractivity contribution in [2.24, 2.45) is 17.4 Å². The second kappa shape index (κ2) is 39.1. The van der Waals surface area contributed by atoms with E-state index >= 15 is 24.0 Å². The van der Waals surface area contributed by atoms with Crippen LogP contribution in [0.4, 0.5) is 0 Å². The summed E-state index contributed by atoms with van der Waals surface area (Å²) in [5, 5.41) is 138. The van der Waals surface area contributed by atoms with E-state index in [-0.39, 0.29) is 58.4 Å². The van der Waals surface area contributed by atoms with Crippen molar-refractivity contribution in [3.05, 3.63) is 118 Å². The Hall–Kier alpha value is -9.61. The summed E-state index contributed by atoms with van der Waals surface area (Å²) in [5.74, 6) is -15.6. The number of aliphatic hydroxyl groups is 6. The molecule has 7 aliphatic heterocycles. The Labute approximate surface area is 696 Å². The fourth-order valence-corrected chi connectivity index (χ4v) is 16.2. The molecule has 22 atom stereocenters. The number of aromatic hydroxyl groups is 3. The summed E-state index contributed by atoms with van der Waals surface area (Å²) >= 11 is 7.23. The minimum absolute atomic E-state index is 0.0900. The largest absolute Gasteiger partial charge is 0.508 e. The van der Waals surface area contributed by atoms with Crippen molar-refractivity contribution in [3.63, 3.8) is 0 Å². The number of carbonyl (C=O) groups is 8. The van der Waals surface area contributed by atoms with E-state index in [1.807, 2.05) is 13.8 Å². The molecule has 0 saturated carbocycles. The fourth-order valence-electron chi connectivity index (χ4n) is 16.0. The van der Waals surface area contributed by atoms with Crippen molar-refractivity contribution in [2.45, 2.75) is 259 Å². The molecule has 37 heteroatoms. The number of rotatable bonds is 25. The van der Waals surface area contributed by atoms with Crippen LogP contribution >= 0.6 is 11.6 Å². The number of nitrogens with two attached hydrogens (primary N) is 2. The monoisotopic (exact) mass is 1700 g/mol. The molecule has 0 aliphatic carbocycles. The number of aliphatic carboxylic acids is 1. The van der Waals surface area contributed by atoms with Gasteiger partial charge in [0.2, 0.25) is 53.4 Å². The lowest BCUT2D eigenvalue weighted by atomic mass is 9.84. The summed E-state index contributed by atoms with van der Waals surface area (Å²) in [4.78, 5) is 121. The number of phenolic OH excluding ortho intramolecular Hbond substituents is 3. The summed E-state index contributed by atoms with van der Waals surface area (Å²) in [6.07, 6.45) is -13.9. The molecule has 3 fully saturated rings. The van der Waals surface area contributed by atoms with Crippen molar-refractivity contribution in [1.29, 1.82) is 0 Å². The molecular formula is C83H109ClN10O26. The van der Waals surface area contributed by atoms with Gasteiger partial charge in [0.1, 0.15) is 89.5 Å². The summed E-state index contributed by atoms with van der Waals surface area (Å²) in [5.41, 5.74) is 7.36. The van der Waals surface area contributed by atoms with Crippen LogP contribution < -0.4 is 68.2 Å². The van der Waals surface area contributed by atoms with Crippen LogP contribution in [0.5, 0.6) is 46.0 Å². The average molecular weight is 1700 g/mol. The Morgan fingerprint density at radius 3 is 1.98 bits per heavy atom. The predicted molar refractivity (Wildman–Crippen MR) is 427 cm³/mol. The van der Waals surface area contributed by atoms with Crippen LogP contribution in [0.3, 0.4) is 0 Å². The van der Waals surface area contributed by atoms with E-state index in [4.69, 9.17) is 61.0 Å². The molecule has 0 unspecified atom stereocenters. The number of ether oxygens (including phenoxy) is 8. The number of likely N-dealkylation sites (N-methyl/N-ethyl adjacent to an activating group) is 1. The van der Waals surface area contributed by atoms with Gasteiger partial charge in [-0.15, -0.1) is 0 Å². The van der Waals surface area contributed by atoms with Crippen molar-refractivity contribution in [3.8, 4) is 57.1 Å². The van der Waals surface area contributed by atoms with Gasteiger partial charge in [-0.1, -0.05) is 102 Å². The lowest BCUT2D eigenvalue weighted by Gasteiger charge is -2.48. The molecule has 22 N–H and O–H groups in total. The highest BCUT2D eigenvalue weighted by Gasteiger charge is 2.53. The number of unbranched alkanes of at least 4 members (excludes halogenated alkanes) is 7. The van der Waals surface area contributed by atoms with Crippen LogP contribution in [0.1, 0.15) is 184 Å². The number of carbonyl (C=O) groups excluding carboxylic acids is 7. The molecule has 5 aromatic carbocycles. The van der Waals surface area contributed by atoms with Crippen LogP contribution in [0.15, 0.2) is 84.9 Å². The van der Waals surface area contributed by atoms with Gasteiger partial charge < -0.3 is 143 Å². The number of fused-ring (bicyclic) bond motifs is 19. The molecule has 0 aromatic heterocycles. The van der Waals surface area contributed by atoms with Crippen LogP contribution in [0.2, 0.25) is 5.02 Å². The van der Waals surface area contributed by atoms with E-state index in [9.17, 15) is 65.4 Å². The number of phenols is 3. The van der Waals surface area contributed by atoms with E-state index in [2.05, 4.69) is 49.5 Å². The number of benzene rings is 5. The minimum atomic E-state index is -2.34. The summed E-state index contributed by atoms with van der Waals surface area (Å²) < 4.78 is 53.1. The number of hydrogen-bond donors (Lipinski definition) is 20.